The molecule has 78 valence electrons. The van der Waals surface area contributed by atoms with Crippen molar-refractivity contribution in [1.29, 1.82) is 0 Å². The molecule has 0 aliphatic heterocycles. The van der Waals surface area contributed by atoms with E-state index < -0.39 is 0 Å². The van der Waals surface area contributed by atoms with Crippen LogP contribution in [0, 0.1) is 5.82 Å². The van der Waals surface area contributed by atoms with Crippen LogP contribution in [-0.4, -0.2) is 6.54 Å². The molecule has 0 fully saturated rings. The summed E-state index contributed by atoms with van der Waals surface area (Å²) in [5, 5.41) is 2.09. The fourth-order valence-corrected chi connectivity index (χ4v) is 1.83. The van der Waals surface area contributed by atoms with Crippen LogP contribution in [0.25, 0.3) is 10.8 Å². The lowest BCUT2D eigenvalue weighted by Crippen LogP contribution is -2.00. The number of benzene rings is 2. The van der Waals surface area contributed by atoms with Gasteiger partial charge in [0, 0.05) is 0 Å². The molecule has 0 heterocycles. The van der Waals surface area contributed by atoms with Crippen molar-refractivity contribution in [3.05, 3.63) is 47.8 Å². The first-order chi connectivity index (χ1) is 7.31. The summed E-state index contributed by atoms with van der Waals surface area (Å²) < 4.78 is 13.0. The van der Waals surface area contributed by atoms with Gasteiger partial charge in [-0.1, -0.05) is 24.3 Å². The van der Waals surface area contributed by atoms with E-state index in [0.29, 0.717) is 6.54 Å². The molecule has 0 spiro atoms. The third-order valence-electron chi connectivity index (χ3n) is 2.58. The highest BCUT2D eigenvalue weighted by atomic mass is 19.1. The normalized spacial score (nSPS) is 10.8. The molecule has 1 nitrogen and oxygen atoms in total. The number of nitrogens with two attached hydrogens (primary N) is 1. The summed E-state index contributed by atoms with van der Waals surface area (Å²) in [7, 11) is 0. The van der Waals surface area contributed by atoms with E-state index in [4.69, 9.17) is 5.73 Å². The van der Waals surface area contributed by atoms with E-state index in [1.807, 2.05) is 18.2 Å². The summed E-state index contributed by atoms with van der Waals surface area (Å²) in [4.78, 5) is 0. The minimum Gasteiger partial charge on any atom is -0.330 e. The fraction of sp³-hybridized carbons (Fsp3) is 0.231. The molecular weight excluding hydrogens is 189 g/mol. The molecule has 0 amide bonds. The predicted molar refractivity (Wildman–Crippen MR) is 61.3 cm³/mol. The average molecular weight is 203 g/mol. The molecule has 2 heteroatoms. The van der Waals surface area contributed by atoms with E-state index in [1.54, 1.807) is 6.07 Å². The van der Waals surface area contributed by atoms with Crippen LogP contribution in [0.2, 0.25) is 0 Å². The molecule has 15 heavy (non-hydrogen) atoms. The molecule has 0 saturated heterocycles. The van der Waals surface area contributed by atoms with Crippen LogP contribution in [0.3, 0.4) is 0 Å². The van der Waals surface area contributed by atoms with Gasteiger partial charge in [-0.25, -0.2) is 4.39 Å². The summed E-state index contributed by atoms with van der Waals surface area (Å²) in [6.07, 6.45) is 1.93. The van der Waals surface area contributed by atoms with Crippen LogP contribution in [0.1, 0.15) is 12.0 Å². The lowest BCUT2D eigenvalue weighted by Gasteiger charge is -2.05. The summed E-state index contributed by atoms with van der Waals surface area (Å²) in [6, 6.07) is 10.9. The largest absolute Gasteiger partial charge is 0.330 e. The topological polar surface area (TPSA) is 26.0 Å². The Hall–Kier alpha value is -1.41. The highest BCUT2D eigenvalue weighted by molar-refractivity contribution is 5.85. The van der Waals surface area contributed by atoms with Crippen molar-refractivity contribution < 1.29 is 4.39 Å². The Labute approximate surface area is 88.7 Å². The van der Waals surface area contributed by atoms with Crippen molar-refractivity contribution in [1.82, 2.24) is 0 Å². The van der Waals surface area contributed by atoms with E-state index in [-0.39, 0.29) is 5.82 Å². The van der Waals surface area contributed by atoms with E-state index in [0.717, 1.165) is 23.6 Å². The van der Waals surface area contributed by atoms with Crippen LogP contribution >= 0.6 is 0 Å². The predicted octanol–water partition coefficient (Wildman–Crippen LogP) is 2.87. The van der Waals surface area contributed by atoms with Crippen LogP contribution < -0.4 is 5.73 Å². The van der Waals surface area contributed by atoms with Crippen LogP contribution in [0.4, 0.5) is 4.39 Å². The molecular formula is C13H14FN. The van der Waals surface area contributed by atoms with Gasteiger partial charge < -0.3 is 5.73 Å². The first-order valence-electron chi connectivity index (χ1n) is 5.18. The molecule has 0 unspecified atom stereocenters. The van der Waals surface area contributed by atoms with Gasteiger partial charge in [0.25, 0.3) is 0 Å². The standard InChI is InChI=1S/C13H14FN/c14-12-6-7-13-10(5-2-8-15)3-1-4-11(13)9-12/h1,3-4,6-7,9H,2,5,8,15H2. The van der Waals surface area contributed by atoms with Crippen LogP contribution in [-0.2, 0) is 6.42 Å². The van der Waals surface area contributed by atoms with Gasteiger partial charge in [0.05, 0.1) is 0 Å². The molecule has 0 atom stereocenters. The van der Waals surface area contributed by atoms with E-state index in [2.05, 4.69) is 6.07 Å². The van der Waals surface area contributed by atoms with Gasteiger partial charge in [0.1, 0.15) is 5.82 Å². The average Bonchev–Trinajstić information content (AvgIpc) is 2.25. The summed E-state index contributed by atoms with van der Waals surface area (Å²) in [6.45, 7) is 0.692. The van der Waals surface area contributed by atoms with Crippen molar-refractivity contribution in [2.24, 2.45) is 5.73 Å². The summed E-state index contributed by atoms with van der Waals surface area (Å²) in [5.41, 5.74) is 6.73. The zero-order valence-electron chi connectivity index (χ0n) is 8.54. The van der Waals surface area contributed by atoms with Gasteiger partial charge in [0.2, 0.25) is 0 Å². The molecule has 0 aliphatic rings. The maximum atomic E-state index is 13.0. The number of aryl methyl sites for hydroxylation is 1. The van der Waals surface area contributed by atoms with Gasteiger partial charge in [-0.3, -0.25) is 0 Å². The first kappa shape index (κ1) is 10.1. The minimum atomic E-state index is -0.182. The van der Waals surface area contributed by atoms with Crippen molar-refractivity contribution in [2.45, 2.75) is 12.8 Å². The Bertz CT molecular complexity index is 465. The molecule has 2 aromatic rings. The van der Waals surface area contributed by atoms with Gasteiger partial charge in [-0.15, -0.1) is 0 Å². The number of hydrogen-bond acceptors (Lipinski definition) is 1. The smallest absolute Gasteiger partial charge is 0.123 e. The Morgan fingerprint density at radius 1 is 1.13 bits per heavy atom. The molecule has 0 radical (unpaired) electrons. The lowest BCUT2D eigenvalue weighted by molar-refractivity contribution is 0.629. The second-order valence-electron chi connectivity index (χ2n) is 3.67. The molecule has 2 aromatic carbocycles. The Morgan fingerprint density at radius 3 is 2.80 bits per heavy atom. The van der Waals surface area contributed by atoms with Gasteiger partial charge in [-0.05, 0) is 47.9 Å². The molecule has 2 rings (SSSR count). The fourth-order valence-electron chi connectivity index (χ4n) is 1.83. The number of hydrogen-bond donors (Lipinski definition) is 1. The Kier molecular flexibility index (Phi) is 2.97. The van der Waals surface area contributed by atoms with Crippen LogP contribution in [0.5, 0.6) is 0 Å². The number of halogens is 1. The second kappa shape index (κ2) is 4.41. The lowest BCUT2D eigenvalue weighted by atomic mass is 10.0. The van der Waals surface area contributed by atoms with Gasteiger partial charge in [0.15, 0.2) is 0 Å². The molecule has 0 aliphatic carbocycles. The SMILES string of the molecule is NCCCc1cccc2cc(F)ccc12. The summed E-state index contributed by atoms with van der Waals surface area (Å²) >= 11 is 0. The maximum absolute atomic E-state index is 13.0. The first-order valence-corrected chi connectivity index (χ1v) is 5.18. The quantitative estimate of drug-likeness (QED) is 0.815. The highest BCUT2D eigenvalue weighted by Gasteiger charge is 2.01. The second-order valence-corrected chi connectivity index (χ2v) is 3.67. The maximum Gasteiger partial charge on any atom is 0.123 e. The highest BCUT2D eigenvalue weighted by Crippen LogP contribution is 2.20. The van der Waals surface area contributed by atoms with Crippen molar-refractivity contribution in [2.75, 3.05) is 6.54 Å². The van der Waals surface area contributed by atoms with Crippen molar-refractivity contribution >= 4 is 10.8 Å². The zero-order valence-corrected chi connectivity index (χ0v) is 8.54. The van der Waals surface area contributed by atoms with Crippen molar-refractivity contribution in [3.8, 4) is 0 Å². The third-order valence-corrected chi connectivity index (χ3v) is 2.58. The monoisotopic (exact) mass is 203 g/mol. The third kappa shape index (κ3) is 2.16. The Balaban J connectivity index is 2.46. The minimum absolute atomic E-state index is 0.182. The van der Waals surface area contributed by atoms with Crippen LogP contribution in [0.15, 0.2) is 36.4 Å². The molecule has 0 aromatic heterocycles. The van der Waals surface area contributed by atoms with Gasteiger partial charge >= 0.3 is 0 Å². The number of rotatable bonds is 3. The summed E-state index contributed by atoms with van der Waals surface area (Å²) in [5.74, 6) is -0.182. The zero-order chi connectivity index (χ0) is 10.7. The molecule has 0 bridgehead atoms. The molecule has 2 N–H and O–H groups in total. The van der Waals surface area contributed by atoms with Gasteiger partial charge in [-0.2, -0.15) is 0 Å². The van der Waals surface area contributed by atoms with Crippen molar-refractivity contribution in [3.63, 3.8) is 0 Å². The Morgan fingerprint density at radius 2 is 2.00 bits per heavy atom. The number of fused-ring (bicyclic) bond motifs is 1. The van der Waals surface area contributed by atoms with E-state index in [1.165, 1.54) is 11.6 Å². The molecule has 0 saturated carbocycles. The van der Waals surface area contributed by atoms with E-state index in [9.17, 15) is 4.39 Å². The van der Waals surface area contributed by atoms with E-state index >= 15 is 0 Å².